The van der Waals surface area contributed by atoms with Crippen LogP contribution in [-0.2, 0) is 10.0 Å². The van der Waals surface area contributed by atoms with Gasteiger partial charge in [0.2, 0.25) is 10.0 Å². The summed E-state index contributed by atoms with van der Waals surface area (Å²) in [6.45, 7) is 10.0. The molecular formula is C19H27N3O3S2. The molecule has 8 heteroatoms. The highest BCUT2D eigenvalue weighted by Crippen LogP contribution is 2.15. The molecule has 0 aliphatic heterocycles. The summed E-state index contributed by atoms with van der Waals surface area (Å²) in [5.41, 5.74) is 0.979. The van der Waals surface area contributed by atoms with Gasteiger partial charge in [0.05, 0.1) is 18.6 Å². The summed E-state index contributed by atoms with van der Waals surface area (Å²) in [6, 6.07) is 6.24. The van der Waals surface area contributed by atoms with E-state index in [1.165, 1.54) is 31.2 Å². The Labute approximate surface area is 166 Å². The van der Waals surface area contributed by atoms with Gasteiger partial charge in [-0.05, 0) is 62.6 Å². The van der Waals surface area contributed by atoms with Gasteiger partial charge >= 0.3 is 0 Å². The molecule has 0 bridgehead atoms. The van der Waals surface area contributed by atoms with E-state index in [0.29, 0.717) is 18.1 Å². The van der Waals surface area contributed by atoms with Crippen LogP contribution in [0.5, 0.6) is 5.75 Å². The van der Waals surface area contributed by atoms with E-state index >= 15 is 0 Å². The normalized spacial score (nSPS) is 13.4. The predicted octanol–water partition coefficient (Wildman–Crippen LogP) is 3.67. The van der Waals surface area contributed by atoms with Gasteiger partial charge < -0.3 is 9.46 Å². The Hall–Kier alpha value is -2.03. The second kappa shape index (κ2) is 11.6. The lowest BCUT2D eigenvalue weighted by Gasteiger charge is -2.10. The van der Waals surface area contributed by atoms with Crippen LogP contribution < -0.4 is 14.2 Å². The van der Waals surface area contributed by atoms with Crippen LogP contribution in [-0.4, -0.2) is 34.5 Å². The average Bonchev–Trinajstić information content (AvgIpc) is 2.67. The fourth-order valence-corrected chi connectivity index (χ4v) is 3.56. The second-order valence-corrected chi connectivity index (χ2v) is 8.31. The monoisotopic (exact) mass is 409 g/mol. The molecule has 2 N–H and O–H groups in total. The van der Waals surface area contributed by atoms with Crippen molar-refractivity contribution in [3.05, 3.63) is 59.6 Å². The first-order valence-corrected chi connectivity index (χ1v) is 10.7. The number of allylic oxidation sites excluding steroid dienone is 4. The Morgan fingerprint density at radius 1 is 1.30 bits per heavy atom. The SMILES string of the molecule is C=C/C=C(\C)SNC(=NCCNS(=O)(=O)c1ccc(OC)cc1)/C(C)=C/C. The minimum atomic E-state index is -3.58. The van der Waals surface area contributed by atoms with Crippen molar-refractivity contribution >= 4 is 27.8 Å². The maximum absolute atomic E-state index is 12.3. The zero-order valence-electron chi connectivity index (χ0n) is 16.2. The van der Waals surface area contributed by atoms with Crippen LogP contribution in [0.2, 0.25) is 0 Å². The van der Waals surface area contributed by atoms with E-state index in [4.69, 9.17) is 4.74 Å². The van der Waals surface area contributed by atoms with Gasteiger partial charge in [-0.2, -0.15) is 0 Å². The average molecular weight is 410 g/mol. The maximum atomic E-state index is 12.3. The Morgan fingerprint density at radius 2 is 1.96 bits per heavy atom. The molecule has 0 fully saturated rings. The standard InChI is InChI=1S/C19H27N3O3S2/c1-6-8-16(4)26-22-19(15(3)7-2)20-13-14-21-27(23,24)18-11-9-17(25-5)10-12-18/h6-12,21H,1,13-14H2,2-5H3,(H,20,22)/b15-7+,16-8+. The molecule has 1 aromatic carbocycles. The molecule has 27 heavy (non-hydrogen) atoms. The molecule has 6 nitrogen and oxygen atoms in total. The van der Waals surface area contributed by atoms with E-state index in [2.05, 4.69) is 21.0 Å². The Balaban J connectivity index is 2.69. The summed E-state index contributed by atoms with van der Waals surface area (Å²) in [4.78, 5) is 5.70. The third-order valence-electron chi connectivity index (χ3n) is 3.51. The molecule has 0 radical (unpaired) electrons. The van der Waals surface area contributed by atoms with E-state index in [-0.39, 0.29) is 11.4 Å². The van der Waals surface area contributed by atoms with Crippen molar-refractivity contribution in [1.82, 2.24) is 9.44 Å². The van der Waals surface area contributed by atoms with Gasteiger partial charge in [-0.25, -0.2) is 13.1 Å². The molecule has 0 saturated heterocycles. The molecule has 148 valence electrons. The van der Waals surface area contributed by atoms with Crippen LogP contribution >= 0.6 is 11.9 Å². The van der Waals surface area contributed by atoms with Crippen molar-refractivity contribution in [2.75, 3.05) is 20.2 Å². The number of nitrogens with one attached hydrogen (secondary N) is 2. The van der Waals surface area contributed by atoms with Gasteiger partial charge in [-0.3, -0.25) is 4.99 Å². The molecule has 1 aromatic rings. The van der Waals surface area contributed by atoms with Gasteiger partial charge in [0, 0.05) is 11.4 Å². The fourth-order valence-electron chi connectivity index (χ4n) is 1.89. The fraction of sp³-hybridized carbons (Fsp3) is 0.316. The highest BCUT2D eigenvalue weighted by molar-refractivity contribution is 8.01. The van der Waals surface area contributed by atoms with Crippen LogP contribution in [0.25, 0.3) is 0 Å². The van der Waals surface area contributed by atoms with Crippen LogP contribution in [0.15, 0.2) is 69.4 Å². The topological polar surface area (TPSA) is 79.8 Å². The molecule has 0 aromatic heterocycles. The third kappa shape index (κ3) is 8.03. The first-order valence-electron chi connectivity index (χ1n) is 8.37. The van der Waals surface area contributed by atoms with Crippen molar-refractivity contribution in [2.24, 2.45) is 4.99 Å². The lowest BCUT2D eigenvalue weighted by atomic mass is 10.3. The van der Waals surface area contributed by atoms with Gasteiger partial charge in [-0.1, -0.05) is 24.8 Å². The van der Waals surface area contributed by atoms with Crippen molar-refractivity contribution in [2.45, 2.75) is 25.7 Å². The molecule has 0 saturated carbocycles. The van der Waals surface area contributed by atoms with Crippen molar-refractivity contribution < 1.29 is 13.2 Å². The molecule has 0 spiro atoms. The Morgan fingerprint density at radius 3 is 2.52 bits per heavy atom. The summed E-state index contributed by atoms with van der Waals surface area (Å²) < 4.78 is 35.4. The molecule has 0 amide bonds. The molecule has 0 aliphatic rings. The van der Waals surface area contributed by atoms with E-state index in [1.807, 2.05) is 32.9 Å². The number of aliphatic imine (C=N–C) groups is 1. The summed E-state index contributed by atoms with van der Waals surface area (Å²) in [5, 5.41) is 0. The number of methoxy groups -OCH3 is 1. The van der Waals surface area contributed by atoms with E-state index in [9.17, 15) is 8.42 Å². The van der Waals surface area contributed by atoms with Gasteiger partial charge in [0.1, 0.15) is 11.6 Å². The highest BCUT2D eigenvalue weighted by Gasteiger charge is 2.13. The molecule has 0 heterocycles. The number of hydrogen-bond donors (Lipinski definition) is 2. The first kappa shape index (κ1) is 23.0. The summed E-state index contributed by atoms with van der Waals surface area (Å²) in [6.07, 6.45) is 5.56. The van der Waals surface area contributed by atoms with Crippen LogP contribution in [0.4, 0.5) is 0 Å². The summed E-state index contributed by atoms with van der Waals surface area (Å²) in [7, 11) is -2.04. The van der Waals surface area contributed by atoms with Crippen molar-refractivity contribution in [3.8, 4) is 5.75 Å². The number of rotatable bonds is 10. The molecule has 1 rings (SSSR count). The number of amidine groups is 1. The number of hydrogen-bond acceptors (Lipinski definition) is 5. The van der Waals surface area contributed by atoms with E-state index in [0.717, 1.165) is 10.5 Å². The lowest BCUT2D eigenvalue weighted by Crippen LogP contribution is -2.27. The van der Waals surface area contributed by atoms with Gasteiger partial charge in [0.15, 0.2) is 0 Å². The number of nitrogens with zero attached hydrogens (tertiary/aromatic N) is 1. The summed E-state index contributed by atoms with van der Waals surface area (Å²) >= 11 is 1.43. The van der Waals surface area contributed by atoms with Gasteiger partial charge in [0.25, 0.3) is 0 Å². The zero-order chi connectivity index (χ0) is 20.3. The Bertz CT molecular complexity index is 811. The quantitative estimate of drug-likeness (QED) is 0.203. The minimum absolute atomic E-state index is 0.191. The first-order chi connectivity index (χ1) is 12.8. The zero-order valence-corrected chi connectivity index (χ0v) is 17.8. The number of ether oxygens (including phenoxy) is 1. The number of sulfonamides is 1. The lowest BCUT2D eigenvalue weighted by molar-refractivity contribution is 0.414. The minimum Gasteiger partial charge on any atom is -0.497 e. The Kier molecular flexibility index (Phi) is 9.92. The largest absolute Gasteiger partial charge is 0.497 e. The molecular weight excluding hydrogens is 382 g/mol. The molecule has 0 unspecified atom stereocenters. The van der Waals surface area contributed by atoms with E-state index < -0.39 is 10.0 Å². The number of benzene rings is 1. The third-order valence-corrected chi connectivity index (χ3v) is 5.74. The van der Waals surface area contributed by atoms with Crippen LogP contribution in [0.3, 0.4) is 0 Å². The second-order valence-electron chi connectivity index (χ2n) is 5.49. The van der Waals surface area contributed by atoms with E-state index in [1.54, 1.807) is 18.2 Å². The molecule has 0 atom stereocenters. The predicted molar refractivity (Wildman–Crippen MR) is 115 cm³/mol. The summed E-state index contributed by atoms with van der Waals surface area (Å²) in [5.74, 6) is 1.32. The maximum Gasteiger partial charge on any atom is 0.240 e. The smallest absolute Gasteiger partial charge is 0.240 e. The van der Waals surface area contributed by atoms with Gasteiger partial charge in [-0.15, -0.1) is 0 Å². The van der Waals surface area contributed by atoms with Crippen LogP contribution in [0.1, 0.15) is 20.8 Å². The molecule has 0 aliphatic carbocycles. The van der Waals surface area contributed by atoms with Crippen LogP contribution in [0, 0.1) is 0 Å². The van der Waals surface area contributed by atoms with Crippen molar-refractivity contribution in [3.63, 3.8) is 0 Å². The highest BCUT2D eigenvalue weighted by atomic mass is 32.2. The van der Waals surface area contributed by atoms with Crippen molar-refractivity contribution in [1.29, 1.82) is 0 Å².